The highest BCUT2D eigenvalue weighted by Crippen LogP contribution is 2.27. The molecule has 0 bridgehead atoms. The van der Waals surface area contributed by atoms with Crippen molar-refractivity contribution in [1.82, 2.24) is 15.3 Å². The van der Waals surface area contributed by atoms with Crippen LogP contribution >= 0.6 is 11.8 Å². The molecular formula is C11H14F3N3O2S. The maximum Gasteiger partial charge on any atom is 0.433 e. The molecular weight excluding hydrogens is 295 g/mol. The molecule has 1 rings (SSSR count). The fraction of sp³-hybridized carbons (Fsp3) is 0.545. The van der Waals surface area contributed by atoms with Crippen LogP contribution in [-0.2, 0) is 11.0 Å². The number of rotatable bonds is 6. The Bertz CT molecular complexity index is 516. The standard InChI is InChI=1S/C11H14F3N3O2S/c1-2-3-4-15-9(19)6-20-10-16-7(11(12,13)14)5-8(18)17-10/h5H,2-4,6H2,1H3,(H,15,19)(H,16,17,18). The average Bonchev–Trinajstić information content (AvgIpc) is 2.35. The quantitative estimate of drug-likeness (QED) is 0.477. The molecule has 1 aromatic rings. The number of nitrogens with one attached hydrogen (secondary N) is 2. The van der Waals surface area contributed by atoms with Crippen molar-refractivity contribution in [3.63, 3.8) is 0 Å². The molecule has 0 aliphatic heterocycles. The van der Waals surface area contributed by atoms with Crippen molar-refractivity contribution in [1.29, 1.82) is 0 Å². The predicted octanol–water partition coefficient (Wildman–Crippen LogP) is 1.80. The largest absolute Gasteiger partial charge is 0.433 e. The molecule has 0 saturated heterocycles. The molecule has 0 radical (unpaired) electrons. The van der Waals surface area contributed by atoms with E-state index in [1.807, 2.05) is 6.92 Å². The maximum absolute atomic E-state index is 12.4. The first-order valence-electron chi connectivity index (χ1n) is 5.91. The van der Waals surface area contributed by atoms with E-state index in [1.54, 1.807) is 0 Å². The molecule has 0 atom stereocenters. The van der Waals surface area contributed by atoms with E-state index in [-0.39, 0.29) is 16.8 Å². The Morgan fingerprint density at radius 3 is 2.80 bits per heavy atom. The molecule has 2 N–H and O–H groups in total. The summed E-state index contributed by atoms with van der Waals surface area (Å²) >= 11 is 0.752. The smallest absolute Gasteiger partial charge is 0.355 e. The second-order valence-electron chi connectivity index (χ2n) is 3.93. The van der Waals surface area contributed by atoms with Crippen molar-refractivity contribution < 1.29 is 18.0 Å². The molecule has 0 unspecified atom stereocenters. The van der Waals surface area contributed by atoms with Crippen LogP contribution in [0, 0.1) is 0 Å². The third-order valence-corrected chi connectivity index (χ3v) is 3.08. The number of nitrogens with zero attached hydrogens (tertiary/aromatic N) is 1. The molecule has 5 nitrogen and oxygen atoms in total. The van der Waals surface area contributed by atoms with Gasteiger partial charge in [0.1, 0.15) is 0 Å². The van der Waals surface area contributed by atoms with E-state index in [0.717, 1.165) is 24.6 Å². The van der Waals surface area contributed by atoms with Crippen molar-refractivity contribution in [3.05, 3.63) is 22.1 Å². The Kier molecular flexibility index (Phi) is 6.05. The number of H-pyrrole nitrogens is 1. The molecule has 20 heavy (non-hydrogen) atoms. The number of thioether (sulfide) groups is 1. The molecule has 0 fully saturated rings. The highest BCUT2D eigenvalue weighted by molar-refractivity contribution is 7.99. The van der Waals surface area contributed by atoms with E-state index in [9.17, 15) is 22.8 Å². The molecule has 0 aromatic carbocycles. The summed E-state index contributed by atoms with van der Waals surface area (Å²) in [6.07, 6.45) is -2.93. The van der Waals surface area contributed by atoms with Gasteiger partial charge in [-0.3, -0.25) is 9.59 Å². The van der Waals surface area contributed by atoms with Crippen LogP contribution in [0.2, 0.25) is 0 Å². The number of hydrogen-bond acceptors (Lipinski definition) is 4. The first-order valence-corrected chi connectivity index (χ1v) is 6.89. The van der Waals surface area contributed by atoms with Crippen LogP contribution in [0.4, 0.5) is 13.2 Å². The lowest BCUT2D eigenvalue weighted by Gasteiger charge is -2.07. The van der Waals surface area contributed by atoms with E-state index in [0.29, 0.717) is 12.6 Å². The molecule has 1 amide bonds. The van der Waals surface area contributed by atoms with E-state index in [1.165, 1.54) is 0 Å². The predicted molar refractivity (Wildman–Crippen MR) is 68.5 cm³/mol. The van der Waals surface area contributed by atoms with Crippen LogP contribution < -0.4 is 10.9 Å². The number of hydrogen-bond donors (Lipinski definition) is 2. The monoisotopic (exact) mass is 309 g/mol. The molecule has 9 heteroatoms. The minimum atomic E-state index is -4.69. The summed E-state index contributed by atoms with van der Waals surface area (Å²) in [6.45, 7) is 2.49. The lowest BCUT2D eigenvalue weighted by atomic mass is 10.3. The van der Waals surface area contributed by atoms with E-state index < -0.39 is 17.4 Å². The normalized spacial score (nSPS) is 11.4. The van der Waals surface area contributed by atoms with Crippen LogP contribution in [-0.4, -0.2) is 28.2 Å². The lowest BCUT2D eigenvalue weighted by molar-refractivity contribution is -0.141. The summed E-state index contributed by atoms with van der Waals surface area (Å²) < 4.78 is 37.3. The third-order valence-electron chi connectivity index (χ3n) is 2.20. The van der Waals surface area contributed by atoms with Gasteiger partial charge in [-0.25, -0.2) is 4.98 Å². The molecule has 1 aromatic heterocycles. The number of carbonyl (C=O) groups is 1. The number of aromatic nitrogens is 2. The number of amides is 1. The van der Waals surface area contributed by atoms with Gasteiger partial charge < -0.3 is 10.3 Å². The zero-order chi connectivity index (χ0) is 15.2. The van der Waals surface area contributed by atoms with Crippen LogP contribution in [0.3, 0.4) is 0 Å². The Labute approximate surface area is 117 Å². The average molecular weight is 309 g/mol. The Hall–Kier alpha value is -1.51. The van der Waals surface area contributed by atoms with E-state index in [2.05, 4.69) is 15.3 Å². The minimum Gasteiger partial charge on any atom is -0.355 e. The van der Waals surface area contributed by atoms with Gasteiger partial charge in [-0.05, 0) is 6.42 Å². The third kappa shape index (κ3) is 5.64. The van der Waals surface area contributed by atoms with Gasteiger partial charge >= 0.3 is 6.18 Å². The van der Waals surface area contributed by atoms with Gasteiger partial charge in [0.15, 0.2) is 10.9 Å². The van der Waals surface area contributed by atoms with Gasteiger partial charge in [0.05, 0.1) is 5.75 Å². The van der Waals surface area contributed by atoms with Crippen molar-refractivity contribution in [2.45, 2.75) is 31.1 Å². The topological polar surface area (TPSA) is 74.8 Å². The van der Waals surface area contributed by atoms with Gasteiger partial charge in [0.2, 0.25) is 5.91 Å². The van der Waals surface area contributed by atoms with Crippen LogP contribution in [0.25, 0.3) is 0 Å². The van der Waals surface area contributed by atoms with E-state index in [4.69, 9.17) is 0 Å². The minimum absolute atomic E-state index is 0.103. The number of halogens is 3. The van der Waals surface area contributed by atoms with Crippen molar-refractivity contribution in [2.24, 2.45) is 0 Å². The summed E-state index contributed by atoms with van der Waals surface area (Å²) in [5.74, 6) is -0.419. The number of aromatic amines is 1. The summed E-state index contributed by atoms with van der Waals surface area (Å²) in [7, 11) is 0. The Balaban J connectivity index is 2.62. The fourth-order valence-electron chi connectivity index (χ4n) is 1.24. The van der Waals surface area contributed by atoms with Crippen LogP contribution in [0.5, 0.6) is 0 Å². The van der Waals surface area contributed by atoms with Crippen molar-refractivity contribution in [3.8, 4) is 0 Å². The number of carbonyl (C=O) groups excluding carboxylic acids is 1. The zero-order valence-electron chi connectivity index (χ0n) is 10.7. The van der Waals surface area contributed by atoms with Crippen LogP contribution in [0.15, 0.2) is 16.0 Å². The molecule has 0 saturated carbocycles. The van der Waals surface area contributed by atoms with Crippen molar-refractivity contribution in [2.75, 3.05) is 12.3 Å². The first kappa shape index (κ1) is 16.5. The first-order chi connectivity index (χ1) is 9.32. The molecule has 0 aliphatic rings. The summed E-state index contributed by atoms with van der Waals surface area (Å²) in [5.41, 5.74) is -2.17. The highest BCUT2D eigenvalue weighted by Gasteiger charge is 2.33. The molecule has 1 heterocycles. The number of unbranched alkanes of at least 4 members (excludes halogenated alkanes) is 1. The van der Waals surface area contributed by atoms with Gasteiger partial charge in [-0.15, -0.1) is 0 Å². The molecule has 112 valence electrons. The summed E-state index contributed by atoms with van der Waals surface area (Å²) in [5, 5.41) is 2.39. The van der Waals surface area contributed by atoms with Gasteiger partial charge in [0.25, 0.3) is 5.56 Å². The summed E-state index contributed by atoms with van der Waals surface area (Å²) in [4.78, 5) is 27.9. The summed E-state index contributed by atoms with van der Waals surface area (Å²) in [6, 6.07) is 0.380. The molecule has 0 aliphatic carbocycles. The molecule has 0 spiro atoms. The van der Waals surface area contributed by atoms with Gasteiger partial charge in [-0.2, -0.15) is 13.2 Å². The Morgan fingerprint density at radius 2 is 2.20 bits per heavy atom. The second kappa shape index (κ2) is 7.32. The van der Waals surface area contributed by atoms with Gasteiger partial charge in [-0.1, -0.05) is 25.1 Å². The Morgan fingerprint density at radius 1 is 1.50 bits per heavy atom. The van der Waals surface area contributed by atoms with Crippen molar-refractivity contribution >= 4 is 17.7 Å². The zero-order valence-corrected chi connectivity index (χ0v) is 11.5. The number of alkyl halides is 3. The highest BCUT2D eigenvalue weighted by atomic mass is 32.2. The van der Waals surface area contributed by atoms with Crippen LogP contribution in [0.1, 0.15) is 25.5 Å². The lowest BCUT2D eigenvalue weighted by Crippen LogP contribution is -2.26. The fourth-order valence-corrected chi connectivity index (χ4v) is 1.94. The second-order valence-corrected chi connectivity index (χ2v) is 4.89. The van der Waals surface area contributed by atoms with Gasteiger partial charge in [0, 0.05) is 12.6 Å². The maximum atomic E-state index is 12.4. The SMILES string of the molecule is CCCCNC(=O)CSc1nc(C(F)(F)F)cc(=O)[nH]1. The van der Waals surface area contributed by atoms with E-state index >= 15 is 0 Å².